The van der Waals surface area contributed by atoms with Gasteiger partial charge in [-0.15, -0.1) is 0 Å². The van der Waals surface area contributed by atoms with Gasteiger partial charge in [0.25, 0.3) is 0 Å². The quantitative estimate of drug-likeness (QED) is 0.596. The number of piperidine rings is 1. The Balaban J connectivity index is 1.87. The predicted octanol–water partition coefficient (Wildman–Crippen LogP) is 2.55. The summed E-state index contributed by atoms with van der Waals surface area (Å²) in [5, 5.41) is 11.4. The fourth-order valence-corrected chi connectivity index (χ4v) is 2.56. The van der Waals surface area contributed by atoms with Crippen LogP contribution in [0, 0.1) is 0 Å². The van der Waals surface area contributed by atoms with Crippen molar-refractivity contribution in [3.05, 3.63) is 17.3 Å². The van der Waals surface area contributed by atoms with E-state index >= 15 is 0 Å². The molecule has 4 nitrogen and oxygen atoms in total. The van der Waals surface area contributed by atoms with E-state index in [-0.39, 0.29) is 5.50 Å². The Hall–Kier alpha value is -1.00. The summed E-state index contributed by atoms with van der Waals surface area (Å²) in [5.74, 6) is 0.984. The second kappa shape index (κ2) is 4.35. The summed E-state index contributed by atoms with van der Waals surface area (Å²) in [6.07, 6.45) is 5.71. The molecule has 1 unspecified atom stereocenters. The molecule has 0 bridgehead atoms. The van der Waals surface area contributed by atoms with Crippen LogP contribution < -0.4 is 10.6 Å². The fraction of sp³-hybridized carbons (Fsp3) is 0.583. The van der Waals surface area contributed by atoms with Gasteiger partial charge < -0.3 is 10.6 Å². The average Bonchev–Trinajstić information content (AvgIpc) is 2.74. The lowest BCUT2D eigenvalue weighted by Gasteiger charge is -2.21. The zero-order chi connectivity index (χ0) is 11.8. The standard InChI is InChI=1S/C12H17ClN4/c1-8-7-17-11(15-12(8)13)6-10(16-17)9-4-2-3-5-14-9/h6-7,9,12,14-15H,2-5H2,1H3/t9-,12?/m0/s1. The number of hydrogen-bond donors (Lipinski definition) is 2. The Morgan fingerprint density at radius 2 is 2.35 bits per heavy atom. The zero-order valence-electron chi connectivity index (χ0n) is 9.91. The van der Waals surface area contributed by atoms with Crippen LogP contribution in [-0.2, 0) is 0 Å². The van der Waals surface area contributed by atoms with Crippen molar-refractivity contribution in [2.75, 3.05) is 11.9 Å². The molecule has 0 radical (unpaired) electrons. The van der Waals surface area contributed by atoms with Crippen molar-refractivity contribution < 1.29 is 0 Å². The first kappa shape index (κ1) is 11.1. The SMILES string of the molecule is CC1=Cn2nc([C@@H]3CCCCN3)cc2NC1Cl. The Bertz CT molecular complexity index is 445. The number of alkyl halides is 1. The van der Waals surface area contributed by atoms with Crippen LogP contribution in [0.1, 0.15) is 37.9 Å². The van der Waals surface area contributed by atoms with Crippen LogP contribution in [0.3, 0.4) is 0 Å². The smallest absolute Gasteiger partial charge is 0.130 e. The van der Waals surface area contributed by atoms with Crippen molar-refractivity contribution in [3.63, 3.8) is 0 Å². The lowest BCUT2D eigenvalue weighted by atomic mass is 10.0. The van der Waals surface area contributed by atoms with Gasteiger partial charge in [0.1, 0.15) is 11.3 Å². The van der Waals surface area contributed by atoms with Gasteiger partial charge in [-0.1, -0.05) is 18.0 Å². The van der Waals surface area contributed by atoms with Gasteiger partial charge in [0.2, 0.25) is 0 Å². The molecule has 0 aromatic carbocycles. The van der Waals surface area contributed by atoms with Gasteiger partial charge in [-0.3, -0.25) is 0 Å². The molecule has 5 heteroatoms. The first-order valence-corrected chi connectivity index (χ1v) is 6.59. The third-order valence-corrected chi connectivity index (χ3v) is 3.88. The van der Waals surface area contributed by atoms with Gasteiger partial charge in [-0.2, -0.15) is 5.10 Å². The van der Waals surface area contributed by atoms with Gasteiger partial charge in [-0.25, -0.2) is 4.68 Å². The molecule has 0 aliphatic carbocycles. The van der Waals surface area contributed by atoms with Crippen LogP contribution in [-0.4, -0.2) is 21.8 Å². The molecule has 1 aromatic heterocycles. The summed E-state index contributed by atoms with van der Waals surface area (Å²) in [4.78, 5) is 0. The van der Waals surface area contributed by atoms with E-state index < -0.39 is 0 Å². The number of hydrogen-bond acceptors (Lipinski definition) is 3. The van der Waals surface area contributed by atoms with Crippen molar-refractivity contribution in [3.8, 4) is 0 Å². The minimum absolute atomic E-state index is 0.119. The third kappa shape index (κ3) is 2.07. The molecule has 3 heterocycles. The lowest BCUT2D eigenvalue weighted by molar-refractivity contribution is 0.404. The van der Waals surface area contributed by atoms with Gasteiger partial charge in [-0.05, 0) is 31.9 Å². The Kier molecular flexibility index (Phi) is 2.84. The maximum Gasteiger partial charge on any atom is 0.130 e. The van der Waals surface area contributed by atoms with Crippen LogP contribution in [0.4, 0.5) is 5.82 Å². The highest BCUT2D eigenvalue weighted by Gasteiger charge is 2.22. The van der Waals surface area contributed by atoms with E-state index in [1.807, 2.05) is 17.8 Å². The van der Waals surface area contributed by atoms with Crippen LogP contribution in [0.25, 0.3) is 6.20 Å². The fourth-order valence-electron chi connectivity index (χ4n) is 2.40. The molecule has 0 spiro atoms. The molecule has 1 saturated heterocycles. The summed E-state index contributed by atoms with van der Waals surface area (Å²) in [5.41, 5.74) is 2.08. The van der Waals surface area contributed by atoms with Gasteiger partial charge >= 0.3 is 0 Å². The second-order valence-corrected chi connectivity index (χ2v) is 5.22. The highest BCUT2D eigenvalue weighted by molar-refractivity contribution is 6.23. The normalized spacial score (nSPS) is 28.2. The van der Waals surface area contributed by atoms with E-state index in [4.69, 9.17) is 11.6 Å². The molecule has 3 rings (SSSR count). The van der Waals surface area contributed by atoms with Crippen LogP contribution in [0.5, 0.6) is 0 Å². The van der Waals surface area contributed by atoms with E-state index in [1.54, 1.807) is 0 Å². The number of rotatable bonds is 1. The molecule has 2 aliphatic heterocycles. The average molecular weight is 253 g/mol. The topological polar surface area (TPSA) is 41.9 Å². The van der Waals surface area contributed by atoms with Crippen molar-refractivity contribution in [1.82, 2.24) is 15.1 Å². The molecule has 1 fully saturated rings. The summed E-state index contributed by atoms with van der Waals surface area (Å²) < 4.78 is 1.89. The van der Waals surface area contributed by atoms with E-state index in [1.165, 1.54) is 19.3 Å². The third-order valence-electron chi connectivity index (χ3n) is 3.42. The monoisotopic (exact) mass is 252 g/mol. The van der Waals surface area contributed by atoms with Crippen molar-refractivity contribution >= 4 is 23.6 Å². The van der Waals surface area contributed by atoms with Crippen LogP contribution in [0.15, 0.2) is 11.6 Å². The number of fused-ring (bicyclic) bond motifs is 1. The summed E-state index contributed by atoms with van der Waals surface area (Å²) >= 11 is 6.15. The first-order chi connectivity index (χ1) is 8.24. The first-order valence-electron chi connectivity index (χ1n) is 6.16. The zero-order valence-corrected chi connectivity index (χ0v) is 10.7. The highest BCUT2D eigenvalue weighted by Crippen LogP contribution is 2.28. The van der Waals surface area contributed by atoms with Gasteiger partial charge in [0.15, 0.2) is 0 Å². The van der Waals surface area contributed by atoms with E-state index in [9.17, 15) is 0 Å². The minimum atomic E-state index is -0.119. The van der Waals surface area contributed by atoms with E-state index in [0.29, 0.717) is 6.04 Å². The van der Waals surface area contributed by atoms with Gasteiger partial charge in [0.05, 0.1) is 11.7 Å². The summed E-state index contributed by atoms with van der Waals surface area (Å²) in [7, 11) is 0. The Morgan fingerprint density at radius 1 is 1.47 bits per heavy atom. The Labute approximate surface area is 106 Å². The minimum Gasteiger partial charge on any atom is -0.350 e. The van der Waals surface area contributed by atoms with Crippen LogP contribution >= 0.6 is 11.6 Å². The molecule has 17 heavy (non-hydrogen) atoms. The molecule has 0 amide bonds. The Morgan fingerprint density at radius 3 is 3.12 bits per heavy atom. The predicted molar refractivity (Wildman–Crippen MR) is 70.0 cm³/mol. The highest BCUT2D eigenvalue weighted by atomic mass is 35.5. The van der Waals surface area contributed by atoms with Crippen molar-refractivity contribution in [2.45, 2.75) is 37.7 Å². The number of nitrogens with one attached hydrogen (secondary N) is 2. The molecule has 92 valence electrons. The second-order valence-electron chi connectivity index (χ2n) is 4.78. The molecule has 2 N–H and O–H groups in total. The van der Waals surface area contributed by atoms with Crippen molar-refractivity contribution in [1.29, 1.82) is 0 Å². The molecular weight excluding hydrogens is 236 g/mol. The molecule has 2 atom stereocenters. The van der Waals surface area contributed by atoms with E-state index in [2.05, 4.69) is 21.8 Å². The molecule has 2 aliphatic rings. The number of nitrogens with zero attached hydrogens (tertiary/aromatic N) is 2. The summed E-state index contributed by atoms with van der Waals surface area (Å²) in [6, 6.07) is 2.49. The number of anilines is 1. The molecule has 0 saturated carbocycles. The van der Waals surface area contributed by atoms with Crippen molar-refractivity contribution in [2.24, 2.45) is 0 Å². The largest absolute Gasteiger partial charge is 0.350 e. The van der Waals surface area contributed by atoms with Crippen LogP contribution in [0.2, 0.25) is 0 Å². The lowest BCUT2D eigenvalue weighted by Crippen LogP contribution is -2.27. The maximum absolute atomic E-state index is 6.15. The number of halogens is 1. The summed E-state index contributed by atoms with van der Waals surface area (Å²) in [6.45, 7) is 3.10. The molecular formula is C12H17ClN4. The van der Waals surface area contributed by atoms with Gasteiger partial charge in [0, 0.05) is 12.3 Å². The maximum atomic E-state index is 6.15. The number of aromatic nitrogens is 2. The molecule has 1 aromatic rings. The van der Waals surface area contributed by atoms with E-state index in [0.717, 1.165) is 23.6 Å².